The van der Waals surface area contributed by atoms with Crippen molar-refractivity contribution < 1.29 is 4.74 Å². The first kappa shape index (κ1) is 16.1. The zero-order valence-electron chi connectivity index (χ0n) is 14.6. The van der Waals surface area contributed by atoms with Crippen LogP contribution in [0.2, 0.25) is 0 Å². The SMILES string of the molecule is CC1CCN(c2nc3c(c(=O)[nH]2)CCN(C[C@H]2CCOC2)C3)CC1. The number of piperidine rings is 1. The number of aromatic amines is 1. The number of ether oxygens (including phenoxy) is 1. The Morgan fingerprint density at radius 3 is 2.83 bits per heavy atom. The maximum atomic E-state index is 12.5. The molecule has 6 heteroatoms. The monoisotopic (exact) mass is 332 g/mol. The van der Waals surface area contributed by atoms with E-state index < -0.39 is 0 Å². The van der Waals surface area contributed by atoms with Crippen molar-refractivity contribution in [2.24, 2.45) is 11.8 Å². The highest BCUT2D eigenvalue weighted by atomic mass is 16.5. The Morgan fingerprint density at radius 1 is 1.25 bits per heavy atom. The Labute approximate surface area is 143 Å². The second kappa shape index (κ2) is 6.84. The lowest BCUT2D eigenvalue weighted by atomic mass is 9.99. The molecule has 3 aliphatic rings. The van der Waals surface area contributed by atoms with Crippen LogP contribution in [0, 0.1) is 11.8 Å². The summed E-state index contributed by atoms with van der Waals surface area (Å²) in [4.78, 5) is 25.0. The Balaban J connectivity index is 1.50. The maximum Gasteiger partial charge on any atom is 0.255 e. The van der Waals surface area contributed by atoms with Crippen LogP contribution in [0.5, 0.6) is 0 Å². The van der Waals surface area contributed by atoms with Crippen molar-refractivity contribution in [3.63, 3.8) is 0 Å². The molecule has 0 radical (unpaired) electrons. The molecule has 1 aromatic heterocycles. The molecule has 0 aromatic carbocycles. The fourth-order valence-corrected chi connectivity index (χ4v) is 4.10. The van der Waals surface area contributed by atoms with E-state index in [9.17, 15) is 4.79 Å². The van der Waals surface area contributed by atoms with Gasteiger partial charge in [-0.1, -0.05) is 6.92 Å². The van der Waals surface area contributed by atoms with E-state index >= 15 is 0 Å². The van der Waals surface area contributed by atoms with Crippen molar-refractivity contribution >= 4 is 5.95 Å². The standard InChI is InChI=1S/C18H28N4O2/c1-13-2-7-22(8-3-13)18-19-16-11-21(10-14-5-9-24-12-14)6-4-15(16)17(23)20-18/h13-14H,2-12H2,1H3,(H,19,20,23)/t14-/m1/s1. The molecule has 0 unspecified atom stereocenters. The number of H-pyrrole nitrogens is 1. The van der Waals surface area contributed by atoms with Crippen LogP contribution in [0.4, 0.5) is 5.95 Å². The van der Waals surface area contributed by atoms with E-state index in [1.807, 2.05) is 0 Å². The van der Waals surface area contributed by atoms with Gasteiger partial charge in [0, 0.05) is 44.9 Å². The minimum absolute atomic E-state index is 0.0671. The molecule has 2 saturated heterocycles. The predicted octanol–water partition coefficient (Wildman–Crippen LogP) is 1.40. The number of rotatable bonds is 3. The average molecular weight is 332 g/mol. The molecule has 24 heavy (non-hydrogen) atoms. The molecule has 0 bridgehead atoms. The van der Waals surface area contributed by atoms with E-state index in [0.717, 1.165) is 81.9 Å². The summed E-state index contributed by atoms with van der Waals surface area (Å²) in [6, 6.07) is 0. The van der Waals surface area contributed by atoms with Crippen molar-refractivity contribution in [3.8, 4) is 0 Å². The predicted molar refractivity (Wildman–Crippen MR) is 93.4 cm³/mol. The van der Waals surface area contributed by atoms with Crippen LogP contribution in [-0.2, 0) is 17.7 Å². The summed E-state index contributed by atoms with van der Waals surface area (Å²) < 4.78 is 5.49. The summed E-state index contributed by atoms with van der Waals surface area (Å²) in [7, 11) is 0. The van der Waals surface area contributed by atoms with E-state index in [4.69, 9.17) is 9.72 Å². The first-order valence-electron chi connectivity index (χ1n) is 9.36. The molecule has 1 aromatic rings. The number of anilines is 1. The third kappa shape index (κ3) is 3.35. The minimum atomic E-state index is 0.0671. The Bertz CT molecular complexity index is 630. The van der Waals surface area contributed by atoms with Crippen molar-refractivity contribution in [2.45, 2.75) is 39.2 Å². The molecule has 1 atom stereocenters. The molecule has 0 aliphatic carbocycles. The Morgan fingerprint density at radius 2 is 2.08 bits per heavy atom. The van der Waals surface area contributed by atoms with Crippen LogP contribution < -0.4 is 10.5 Å². The lowest BCUT2D eigenvalue weighted by molar-refractivity contribution is 0.161. The average Bonchev–Trinajstić information content (AvgIpc) is 3.08. The maximum absolute atomic E-state index is 12.5. The zero-order valence-corrected chi connectivity index (χ0v) is 14.6. The molecule has 0 spiro atoms. The lowest BCUT2D eigenvalue weighted by Crippen LogP contribution is -2.40. The number of nitrogens with zero attached hydrogens (tertiary/aromatic N) is 3. The fourth-order valence-electron chi connectivity index (χ4n) is 4.10. The molecular weight excluding hydrogens is 304 g/mol. The smallest absolute Gasteiger partial charge is 0.255 e. The molecule has 1 N–H and O–H groups in total. The van der Waals surface area contributed by atoms with Gasteiger partial charge in [0.15, 0.2) is 0 Å². The molecule has 0 saturated carbocycles. The summed E-state index contributed by atoms with van der Waals surface area (Å²) in [6.07, 6.45) is 4.31. The third-order valence-electron chi connectivity index (χ3n) is 5.76. The molecule has 3 aliphatic heterocycles. The van der Waals surface area contributed by atoms with E-state index in [-0.39, 0.29) is 5.56 Å². The van der Waals surface area contributed by atoms with Gasteiger partial charge in [-0.05, 0) is 37.5 Å². The Hall–Kier alpha value is -1.40. The summed E-state index contributed by atoms with van der Waals surface area (Å²) >= 11 is 0. The van der Waals surface area contributed by atoms with Crippen LogP contribution in [0.3, 0.4) is 0 Å². The highest BCUT2D eigenvalue weighted by Gasteiger charge is 2.26. The first-order chi connectivity index (χ1) is 11.7. The van der Waals surface area contributed by atoms with Crippen LogP contribution in [0.1, 0.15) is 37.4 Å². The van der Waals surface area contributed by atoms with Gasteiger partial charge in [-0.2, -0.15) is 0 Å². The quantitative estimate of drug-likeness (QED) is 0.907. The van der Waals surface area contributed by atoms with E-state index in [1.54, 1.807) is 0 Å². The normalized spacial score (nSPS) is 25.9. The molecule has 6 nitrogen and oxygen atoms in total. The second-order valence-electron chi connectivity index (χ2n) is 7.70. The van der Waals surface area contributed by atoms with Crippen molar-refractivity contribution in [2.75, 3.05) is 44.3 Å². The van der Waals surface area contributed by atoms with Crippen molar-refractivity contribution in [1.29, 1.82) is 0 Å². The van der Waals surface area contributed by atoms with Crippen molar-refractivity contribution in [3.05, 3.63) is 21.6 Å². The third-order valence-corrected chi connectivity index (χ3v) is 5.76. The largest absolute Gasteiger partial charge is 0.381 e. The Kier molecular flexibility index (Phi) is 4.59. The number of hydrogen-bond donors (Lipinski definition) is 1. The summed E-state index contributed by atoms with van der Waals surface area (Å²) in [5.74, 6) is 2.18. The van der Waals surface area contributed by atoms with Gasteiger partial charge in [-0.15, -0.1) is 0 Å². The number of nitrogens with one attached hydrogen (secondary N) is 1. The second-order valence-corrected chi connectivity index (χ2v) is 7.70. The summed E-state index contributed by atoms with van der Waals surface area (Å²) in [5, 5.41) is 0. The lowest BCUT2D eigenvalue weighted by Gasteiger charge is -2.33. The van der Waals surface area contributed by atoms with Crippen LogP contribution in [0.15, 0.2) is 4.79 Å². The van der Waals surface area contributed by atoms with Gasteiger partial charge in [-0.25, -0.2) is 4.98 Å². The van der Waals surface area contributed by atoms with Crippen LogP contribution >= 0.6 is 0 Å². The molecule has 4 rings (SSSR count). The number of aromatic nitrogens is 2. The van der Waals surface area contributed by atoms with Crippen LogP contribution in [0.25, 0.3) is 0 Å². The van der Waals surface area contributed by atoms with E-state index in [2.05, 4.69) is 21.7 Å². The van der Waals surface area contributed by atoms with Gasteiger partial charge in [0.2, 0.25) is 5.95 Å². The number of hydrogen-bond acceptors (Lipinski definition) is 5. The fraction of sp³-hybridized carbons (Fsp3) is 0.778. The molecular formula is C18H28N4O2. The van der Waals surface area contributed by atoms with Gasteiger partial charge in [0.25, 0.3) is 5.56 Å². The van der Waals surface area contributed by atoms with Gasteiger partial charge < -0.3 is 9.64 Å². The van der Waals surface area contributed by atoms with Gasteiger partial charge >= 0.3 is 0 Å². The molecule has 4 heterocycles. The highest BCUT2D eigenvalue weighted by Crippen LogP contribution is 2.23. The van der Waals surface area contributed by atoms with E-state index in [1.165, 1.54) is 12.8 Å². The molecule has 0 amide bonds. The van der Waals surface area contributed by atoms with E-state index in [0.29, 0.717) is 5.92 Å². The van der Waals surface area contributed by atoms with Crippen LogP contribution in [-0.4, -0.2) is 54.3 Å². The van der Waals surface area contributed by atoms with Crippen molar-refractivity contribution in [1.82, 2.24) is 14.9 Å². The summed E-state index contributed by atoms with van der Waals surface area (Å²) in [5.41, 5.74) is 1.94. The molecule has 2 fully saturated rings. The summed E-state index contributed by atoms with van der Waals surface area (Å²) in [6.45, 7) is 8.86. The van der Waals surface area contributed by atoms with Gasteiger partial charge in [0.1, 0.15) is 0 Å². The highest BCUT2D eigenvalue weighted by molar-refractivity contribution is 5.34. The first-order valence-corrected chi connectivity index (χ1v) is 9.36. The number of fused-ring (bicyclic) bond motifs is 1. The molecule has 132 valence electrons. The van der Waals surface area contributed by atoms with Gasteiger partial charge in [0.05, 0.1) is 12.3 Å². The zero-order chi connectivity index (χ0) is 16.5. The topological polar surface area (TPSA) is 61.5 Å². The minimum Gasteiger partial charge on any atom is -0.381 e. The van der Waals surface area contributed by atoms with Gasteiger partial charge in [-0.3, -0.25) is 14.7 Å².